The number of ether oxygens (including phenoxy) is 1. The number of hydrogen-bond donors (Lipinski definition) is 1. The molecule has 0 amide bonds. The molecule has 5 nitrogen and oxygen atoms in total. The Morgan fingerprint density at radius 2 is 1.79 bits per heavy atom. The molecule has 0 aliphatic rings. The predicted octanol–water partition coefficient (Wildman–Crippen LogP) is 3.85. The molecule has 0 saturated carbocycles. The van der Waals surface area contributed by atoms with Crippen LogP contribution in [0.4, 0.5) is 0 Å². The summed E-state index contributed by atoms with van der Waals surface area (Å²) in [7, 11) is 0. The fourth-order valence-electron chi connectivity index (χ4n) is 2.60. The highest BCUT2D eigenvalue weighted by Gasteiger charge is 2.20. The largest absolute Gasteiger partial charge is 0.488 e. The average molecular weight is 322 g/mol. The summed E-state index contributed by atoms with van der Waals surface area (Å²) < 4.78 is 7.40. The molecule has 0 fully saturated rings. The molecule has 24 heavy (non-hydrogen) atoms. The van der Waals surface area contributed by atoms with Gasteiger partial charge >= 0.3 is 5.97 Å². The van der Waals surface area contributed by atoms with Gasteiger partial charge in [0.15, 0.2) is 5.69 Å². The summed E-state index contributed by atoms with van der Waals surface area (Å²) in [5.41, 5.74) is 2.52. The van der Waals surface area contributed by atoms with Crippen molar-refractivity contribution in [1.82, 2.24) is 9.78 Å². The lowest BCUT2D eigenvalue weighted by atomic mass is 10.1. The Balaban J connectivity index is 1.95. The van der Waals surface area contributed by atoms with Gasteiger partial charge in [0.2, 0.25) is 0 Å². The van der Waals surface area contributed by atoms with Crippen molar-refractivity contribution < 1.29 is 14.6 Å². The molecule has 1 heterocycles. The first-order chi connectivity index (χ1) is 11.7. The van der Waals surface area contributed by atoms with E-state index in [1.165, 1.54) is 4.68 Å². The summed E-state index contributed by atoms with van der Waals surface area (Å²) in [5, 5.41) is 13.7. The van der Waals surface area contributed by atoms with Crippen LogP contribution in [-0.4, -0.2) is 20.9 Å². The molecular weight excluding hydrogens is 304 g/mol. The van der Waals surface area contributed by atoms with Crippen molar-refractivity contribution in [2.75, 3.05) is 0 Å². The molecule has 5 heteroatoms. The number of rotatable bonds is 6. The topological polar surface area (TPSA) is 64.4 Å². The van der Waals surface area contributed by atoms with Gasteiger partial charge in [-0.05, 0) is 18.6 Å². The van der Waals surface area contributed by atoms with Crippen LogP contribution < -0.4 is 4.74 Å². The molecule has 0 bridgehead atoms. The molecule has 0 atom stereocenters. The van der Waals surface area contributed by atoms with Crippen LogP contribution in [0.1, 0.15) is 23.0 Å². The maximum Gasteiger partial charge on any atom is 0.354 e. The van der Waals surface area contributed by atoms with Crippen LogP contribution in [-0.2, 0) is 13.2 Å². The second-order valence-corrected chi connectivity index (χ2v) is 5.30. The molecule has 0 unspecified atom stereocenters. The number of carboxylic acid groups (broad SMARTS) is 1. The minimum atomic E-state index is -0.998. The van der Waals surface area contributed by atoms with Gasteiger partial charge in [0, 0.05) is 17.7 Å². The summed E-state index contributed by atoms with van der Waals surface area (Å²) in [6, 6.07) is 17.3. The first kappa shape index (κ1) is 15.8. The molecule has 0 saturated heterocycles. The molecule has 3 aromatic rings. The number of aromatic nitrogens is 2. The van der Waals surface area contributed by atoms with Gasteiger partial charge in [-0.25, -0.2) is 4.79 Å². The second kappa shape index (κ2) is 7.00. The fourth-order valence-corrected chi connectivity index (χ4v) is 2.60. The lowest BCUT2D eigenvalue weighted by molar-refractivity contribution is 0.0684. The summed E-state index contributed by atoms with van der Waals surface area (Å²) >= 11 is 0. The van der Waals surface area contributed by atoms with Gasteiger partial charge in [-0.15, -0.1) is 0 Å². The van der Waals surface area contributed by atoms with E-state index in [1.807, 2.05) is 61.5 Å². The summed E-state index contributed by atoms with van der Waals surface area (Å²) in [4.78, 5) is 11.6. The van der Waals surface area contributed by atoms with E-state index < -0.39 is 5.97 Å². The highest BCUT2D eigenvalue weighted by atomic mass is 16.5. The third-order valence-electron chi connectivity index (χ3n) is 3.76. The van der Waals surface area contributed by atoms with E-state index in [1.54, 1.807) is 6.20 Å². The van der Waals surface area contributed by atoms with Crippen molar-refractivity contribution in [3.63, 3.8) is 0 Å². The number of carboxylic acids is 1. The van der Waals surface area contributed by atoms with E-state index in [4.69, 9.17) is 4.74 Å². The van der Waals surface area contributed by atoms with Crippen molar-refractivity contribution in [1.29, 1.82) is 0 Å². The van der Waals surface area contributed by atoms with E-state index >= 15 is 0 Å². The highest BCUT2D eigenvalue weighted by molar-refractivity contribution is 5.95. The molecule has 2 aromatic carbocycles. The first-order valence-corrected chi connectivity index (χ1v) is 7.76. The molecule has 3 rings (SSSR count). The van der Waals surface area contributed by atoms with Crippen molar-refractivity contribution in [3.05, 3.63) is 72.1 Å². The third-order valence-corrected chi connectivity index (χ3v) is 3.76. The van der Waals surface area contributed by atoms with Crippen LogP contribution in [0.3, 0.4) is 0 Å². The van der Waals surface area contributed by atoms with E-state index in [2.05, 4.69) is 5.10 Å². The van der Waals surface area contributed by atoms with Crippen molar-refractivity contribution in [2.45, 2.75) is 20.1 Å². The number of aryl methyl sites for hydroxylation is 1. The molecule has 0 radical (unpaired) electrons. The molecular formula is C19H18N2O3. The maximum atomic E-state index is 11.6. The second-order valence-electron chi connectivity index (χ2n) is 5.30. The van der Waals surface area contributed by atoms with Gasteiger partial charge in [0.1, 0.15) is 12.4 Å². The van der Waals surface area contributed by atoms with Crippen LogP contribution in [0.5, 0.6) is 5.75 Å². The average Bonchev–Trinajstić information content (AvgIpc) is 3.05. The SMILES string of the molecule is CCn1ncc(-c2ccccc2OCc2ccccc2)c1C(=O)O. The van der Waals surface area contributed by atoms with Gasteiger partial charge in [-0.3, -0.25) is 4.68 Å². The smallest absolute Gasteiger partial charge is 0.354 e. The number of para-hydroxylation sites is 1. The maximum absolute atomic E-state index is 11.6. The van der Waals surface area contributed by atoms with E-state index in [0.717, 1.165) is 11.1 Å². The fraction of sp³-hybridized carbons (Fsp3) is 0.158. The Hall–Kier alpha value is -3.08. The zero-order valence-corrected chi connectivity index (χ0v) is 13.3. The minimum absolute atomic E-state index is 0.174. The van der Waals surface area contributed by atoms with Gasteiger partial charge in [0.25, 0.3) is 0 Å². The molecule has 1 N–H and O–H groups in total. The van der Waals surface area contributed by atoms with E-state index in [0.29, 0.717) is 24.5 Å². The van der Waals surface area contributed by atoms with Crippen LogP contribution in [0.25, 0.3) is 11.1 Å². The van der Waals surface area contributed by atoms with Crippen LogP contribution in [0.15, 0.2) is 60.8 Å². The Labute approximate surface area is 140 Å². The monoisotopic (exact) mass is 322 g/mol. The number of carbonyl (C=O) groups is 1. The van der Waals surface area contributed by atoms with Crippen molar-refractivity contribution >= 4 is 5.97 Å². The standard InChI is InChI=1S/C19H18N2O3/c1-2-21-18(19(22)23)16(12-20-21)15-10-6-7-11-17(15)24-13-14-8-4-3-5-9-14/h3-12H,2,13H2,1H3,(H,22,23). The van der Waals surface area contributed by atoms with Crippen molar-refractivity contribution in [3.8, 4) is 16.9 Å². The quantitative estimate of drug-likeness (QED) is 0.749. The Morgan fingerprint density at radius 3 is 2.50 bits per heavy atom. The molecule has 0 aliphatic carbocycles. The Kier molecular flexibility index (Phi) is 4.61. The Morgan fingerprint density at radius 1 is 1.08 bits per heavy atom. The normalized spacial score (nSPS) is 10.5. The van der Waals surface area contributed by atoms with Gasteiger partial charge < -0.3 is 9.84 Å². The molecule has 0 spiro atoms. The zero-order valence-electron chi connectivity index (χ0n) is 13.3. The molecule has 122 valence electrons. The van der Waals surface area contributed by atoms with Gasteiger partial charge in [-0.2, -0.15) is 5.10 Å². The van der Waals surface area contributed by atoms with Crippen molar-refractivity contribution in [2.24, 2.45) is 0 Å². The lowest BCUT2D eigenvalue weighted by Gasteiger charge is -2.11. The van der Waals surface area contributed by atoms with Gasteiger partial charge in [0.05, 0.1) is 6.20 Å². The zero-order chi connectivity index (χ0) is 16.9. The first-order valence-electron chi connectivity index (χ1n) is 7.76. The van der Waals surface area contributed by atoms with E-state index in [9.17, 15) is 9.90 Å². The van der Waals surface area contributed by atoms with Crippen LogP contribution in [0.2, 0.25) is 0 Å². The van der Waals surface area contributed by atoms with Crippen LogP contribution >= 0.6 is 0 Å². The molecule has 1 aromatic heterocycles. The summed E-state index contributed by atoms with van der Waals surface area (Å²) in [5.74, 6) is -0.360. The molecule has 0 aliphatic heterocycles. The highest BCUT2D eigenvalue weighted by Crippen LogP contribution is 2.32. The predicted molar refractivity (Wildman–Crippen MR) is 91.1 cm³/mol. The Bertz CT molecular complexity index is 841. The number of nitrogens with zero attached hydrogens (tertiary/aromatic N) is 2. The van der Waals surface area contributed by atoms with E-state index in [-0.39, 0.29) is 5.69 Å². The number of hydrogen-bond acceptors (Lipinski definition) is 3. The lowest BCUT2D eigenvalue weighted by Crippen LogP contribution is -2.09. The number of benzene rings is 2. The summed E-state index contributed by atoms with van der Waals surface area (Å²) in [6.07, 6.45) is 1.58. The van der Waals surface area contributed by atoms with Gasteiger partial charge in [-0.1, -0.05) is 48.5 Å². The minimum Gasteiger partial charge on any atom is -0.488 e. The van der Waals surface area contributed by atoms with Crippen LogP contribution in [0, 0.1) is 0 Å². The third kappa shape index (κ3) is 3.15. The number of aromatic carboxylic acids is 1. The summed E-state index contributed by atoms with van der Waals surface area (Å²) in [6.45, 7) is 2.78.